The maximum atomic E-state index is 12.4. The van der Waals surface area contributed by atoms with Gasteiger partial charge in [-0.3, -0.25) is 4.79 Å². The van der Waals surface area contributed by atoms with Crippen molar-refractivity contribution in [2.45, 2.75) is 33.2 Å². The summed E-state index contributed by atoms with van der Waals surface area (Å²) < 4.78 is 1.13. The second-order valence-corrected chi connectivity index (χ2v) is 6.55. The maximum Gasteiger partial charge on any atom is 0.251 e. The van der Waals surface area contributed by atoms with Gasteiger partial charge in [0.05, 0.1) is 6.04 Å². The van der Waals surface area contributed by atoms with Crippen LogP contribution in [-0.4, -0.2) is 5.91 Å². The topological polar surface area (TPSA) is 29.1 Å². The van der Waals surface area contributed by atoms with Gasteiger partial charge in [-0.1, -0.05) is 30.7 Å². The molecular formula is C18H20INO. The van der Waals surface area contributed by atoms with Crippen LogP contribution in [0, 0.1) is 17.4 Å². The molecule has 2 aromatic carbocycles. The lowest BCUT2D eigenvalue weighted by Crippen LogP contribution is -2.28. The van der Waals surface area contributed by atoms with E-state index in [0.717, 1.165) is 9.99 Å². The summed E-state index contributed by atoms with van der Waals surface area (Å²) in [4.78, 5) is 12.4. The molecule has 0 spiro atoms. The van der Waals surface area contributed by atoms with Gasteiger partial charge in [-0.2, -0.15) is 0 Å². The molecule has 2 rings (SSSR count). The normalized spacial score (nSPS) is 12.0. The van der Waals surface area contributed by atoms with Crippen LogP contribution in [0.25, 0.3) is 0 Å². The molecule has 0 fully saturated rings. The number of rotatable bonds is 4. The Morgan fingerprint density at radius 1 is 1.14 bits per heavy atom. The Kier molecular flexibility index (Phi) is 5.39. The number of halogens is 1. The Hall–Kier alpha value is -1.36. The molecule has 2 nitrogen and oxygen atoms in total. The SMILES string of the molecule is CCC(NC(=O)c1ccc(I)cc1)c1ccc(C)cc1C. The van der Waals surface area contributed by atoms with E-state index in [1.165, 1.54) is 16.7 Å². The molecule has 0 saturated carbocycles. The number of hydrogen-bond acceptors (Lipinski definition) is 1. The first-order valence-electron chi connectivity index (χ1n) is 7.15. The lowest BCUT2D eigenvalue weighted by atomic mass is 9.97. The Morgan fingerprint density at radius 2 is 1.81 bits per heavy atom. The number of carbonyl (C=O) groups is 1. The van der Waals surface area contributed by atoms with Gasteiger partial charge in [-0.05, 0) is 78.3 Å². The fourth-order valence-corrected chi connectivity index (χ4v) is 2.82. The zero-order valence-electron chi connectivity index (χ0n) is 12.6. The minimum Gasteiger partial charge on any atom is -0.345 e. The molecule has 21 heavy (non-hydrogen) atoms. The van der Waals surface area contributed by atoms with Crippen LogP contribution < -0.4 is 5.32 Å². The molecule has 0 bridgehead atoms. The minimum atomic E-state index is -0.0155. The standard InChI is InChI=1S/C18H20INO/c1-4-17(16-10-5-12(2)11-13(16)3)20-18(21)14-6-8-15(19)9-7-14/h5-11,17H,4H2,1-3H3,(H,20,21). The van der Waals surface area contributed by atoms with E-state index in [0.29, 0.717) is 5.56 Å². The highest BCUT2D eigenvalue weighted by molar-refractivity contribution is 14.1. The largest absolute Gasteiger partial charge is 0.345 e. The quantitative estimate of drug-likeness (QED) is 0.744. The molecule has 2 aromatic rings. The lowest BCUT2D eigenvalue weighted by Gasteiger charge is -2.20. The lowest BCUT2D eigenvalue weighted by molar-refractivity contribution is 0.0935. The number of amides is 1. The predicted molar refractivity (Wildman–Crippen MR) is 95.6 cm³/mol. The van der Waals surface area contributed by atoms with Crippen molar-refractivity contribution in [1.29, 1.82) is 0 Å². The van der Waals surface area contributed by atoms with Gasteiger partial charge in [-0.15, -0.1) is 0 Å². The van der Waals surface area contributed by atoms with Crippen LogP contribution in [0.5, 0.6) is 0 Å². The fourth-order valence-electron chi connectivity index (χ4n) is 2.46. The Morgan fingerprint density at radius 3 is 2.38 bits per heavy atom. The molecule has 0 heterocycles. The van der Waals surface area contributed by atoms with Gasteiger partial charge >= 0.3 is 0 Å². The van der Waals surface area contributed by atoms with Crippen molar-refractivity contribution in [1.82, 2.24) is 5.32 Å². The van der Waals surface area contributed by atoms with Crippen molar-refractivity contribution in [2.24, 2.45) is 0 Å². The summed E-state index contributed by atoms with van der Waals surface area (Å²) in [5.41, 5.74) is 4.38. The second kappa shape index (κ2) is 7.07. The summed E-state index contributed by atoms with van der Waals surface area (Å²) in [7, 11) is 0. The maximum absolute atomic E-state index is 12.4. The summed E-state index contributed by atoms with van der Waals surface area (Å²) in [5, 5.41) is 3.14. The van der Waals surface area contributed by atoms with Gasteiger partial charge in [0, 0.05) is 9.13 Å². The zero-order chi connectivity index (χ0) is 15.4. The summed E-state index contributed by atoms with van der Waals surface area (Å²) >= 11 is 2.24. The first kappa shape index (κ1) is 16.0. The summed E-state index contributed by atoms with van der Waals surface area (Å²) in [5.74, 6) is -0.0155. The smallest absolute Gasteiger partial charge is 0.251 e. The van der Waals surface area contributed by atoms with E-state index < -0.39 is 0 Å². The van der Waals surface area contributed by atoms with Crippen LogP contribution >= 0.6 is 22.6 Å². The predicted octanol–water partition coefficient (Wildman–Crippen LogP) is 4.79. The van der Waals surface area contributed by atoms with Gasteiger partial charge in [0.15, 0.2) is 0 Å². The van der Waals surface area contributed by atoms with E-state index in [-0.39, 0.29) is 11.9 Å². The molecule has 0 saturated heterocycles. The van der Waals surface area contributed by atoms with Crippen molar-refractivity contribution in [3.8, 4) is 0 Å². The van der Waals surface area contributed by atoms with E-state index in [2.05, 4.69) is 66.9 Å². The molecule has 1 unspecified atom stereocenters. The number of aryl methyl sites for hydroxylation is 2. The average molecular weight is 393 g/mol. The summed E-state index contributed by atoms with van der Waals surface area (Å²) in [6, 6.07) is 14.1. The molecule has 1 amide bonds. The molecular weight excluding hydrogens is 373 g/mol. The van der Waals surface area contributed by atoms with Crippen LogP contribution in [0.15, 0.2) is 42.5 Å². The van der Waals surface area contributed by atoms with E-state index in [1.54, 1.807) is 0 Å². The monoisotopic (exact) mass is 393 g/mol. The van der Waals surface area contributed by atoms with Crippen molar-refractivity contribution in [3.63, 3.8) is 0 Å². The second-order valence-electron chi connectivity index (χ2n) is 5.30. The van der Waals surface area contributed by atoms with Crippen molar-refractivity contribution < 1.29 is 4.79 Å². The fraction of sp³-hybridized carbons (Fsp3) is 0.278. The molecule has 0 aliphatic rings. The highest BCUT2D eigenvalue weighted by Crippen LogP contribution is 2.22. The molecule has 0 aliphatic carbocycles. The molecule has 3 heteroatoms. The van der Waals surface area contributed by atoms with E-state index in [4.69, 9.17) is 0 Å². The Labute approximate surface area is 140 Å². The third kappa shape index (κ3) is 4.06. The van der Waals surface area contributed by atoms with Gasteiger partial charge in [0.1, 0.15) is 0 Å². The highest BCUT2D eigenvalue weighted by atomic mass is 127. The number of carbonyl (C=O) groups excluding carboxylic acids is 1. The van der Waals surface area contributed by atoms with Gasteiger partial charge in [0.25, 0.3) is 5.91 Å². The van der Waals surface area contributed by atoms with E-state index in [9.17, 15) is 4.79 Å². The minimum absolute atomic E-state index is 0.0155. The Balaban J connectivity index is 2.18. The Bertz CT molecular complexity index is 634. The van der Waals surface area contributed by atoms with E-state index in [1.807, 2.05) is 24.3 Å². The number of hydrogen-bond donors (Lipinski definition) is 1. The first-order chi connectivity index (χ1) is 10.0. The molecule has 0 aliphatic heterocycles. The third-order valence-corrected chi connectivity index (χ3v) is 4.34. The van der Waals surface area contributed by atoms with Crippen molar-refractivity contribution in [3.05, 3.63) is 68.3 Å². The molecule has 110 valence electrons. The van der Waals surface area contributed by atoms with E-state index >= 15 is 0 Å². The number of nitrogens with one attached hydrogen (secondary N) is 1. The average Bonchev–Trinajstić information content (AvgIpc) is 2.46. The van der Waals surface area contributed by atoms with Gasteiger partial charge in [-0.25, -0.2) is 0 Å². The molecule has 1 N–H and O–H groups in total. The van der Waals surface area contributed by atoms with Crippen LogP contribution in [0.3, 0.4) is 0 Å². The van der Waals surface area contributed by atoms with Crippen molar-refractivity contribution in [2.75, 3.05) is 0 Å². The van der Waals surface area contributed by atoms with Gasteiger partial charge in [0.2, 0.25) is 0 Å². The van der Waals surface area contributed by atoms with Gasteiger partial charge < -0.3 is 5.32 Å². The molecule has 0 aromatic heterocycles. The van der Waals surface area contributed by atoms with Crippen LogP contribution in [0.4, 0.5) is 0 Å². The highest BCUT2D eigenvalue weighted by Gasteiger charge is 2.15. The molecule has 0 radical (unpaired) electrons. The first-order valence-corrected chi connectivity index (χ1v) is 8.22. The zero-order valence-corrected chi connectivity index (χ0v) is 14.8. The summed E-state index contributed by atoms with van der Waals surface area (Å²) in [6.45, 7) is 6.28. The number of benzene rings is 2. The summed E-state index contributed by atoms with van der Waals surface area (Å²) in [6.07, 6.45) is 0.875. The van der Waals surface area contributed by atoms with Crippen LogP contribution in [0.1, 0.15) is 46.4 Å². The third-order valence-electron chi connectivity index (χ3n) is 3.62. The molecule has 1 atom stereocenters. The van der Waals surface area contributed by atoms with Crippen molar-refractivity contribution >= 4 is 28.5 Å². The van der Waals surface area contributed by atoms with Crippen LogP contribution in [0.2, 0.25) is 0 Å². The van der Waals surface area contributed by atoms with Crippen LogP contribution in [-0.2, 0) is 0 Å².